The Morgan fingerprint density at radius 2 is 1.76 bits per heavy atom. The summed E-state index contributed by atoms with van der Waals surface area (Å²) in [6.07, 6.45) is 0. The number of benzene rings is 1. The van der Waals surface area contributed by atoms with E-state index in [0.717, 1.165) is 23.9 Å². The third kappa shape index (κ3) is 5.89. The van der Waals surface area contributed by atoms with Gasteiger partial charge in [-0.05, 0) is 24.0 Å². The topological polar surface area (TPSA) is 0 Å². The smallest absolute Gasteiger partial charge is 0.445 e. The first-order chi connectivity index (χ1) is 7.30. The van der Waals surface area contributed by atoms with E-state index in [2.05, 4.69) is 6.58 Å². The fourth-order valence-corrected chi connectivity index (χ4v) is 1.73. The summed E-state index contributed by atoms with van der Waals surface area (Å²) < 4.78 is 61.5. The van der Waals surface area contributed by atoms with Gasteiger partial charge in [-0.25, -0.2) is 8.78 Å². The molecule has 0 atom stereocenters. The molecular formula is C9H7BF5KS. The van der Waals surface area contributed by atoms with Gasteiger partial charge in [-0.3, -0.25) is 0 Å². The third-order valence-electron chi connectivity index (χ3n) is 1.78. The van der Waals surface area contributed by atoms with Gasteiger partial charge in [0, 0.05) is 4.90 Å². The molecule has 1 aromatic rings. The molecule has 0 saturated heterocycles. The summed E-state index contributed by atoms with van der Waals surface area (Å²) in [6.45, 7) is -2.17. The fourth-order valence-electron chi connectivity index (χ4n) is 0.837. The Bertz CT molecular complexity index is 407. The molecule has 0 fully saturated rings. The number of thioether (sulfide) groups is 1. The molecule has 0 amide bonds. The van der Waals surface area contributed by atoms with Crippen LogP contribution in [-0.4, -0.2) is 12.7 Å². The Morgan fingerprint density at radius 3 is 2.24 bits per heavy atom. The van der Waals surface area contributed by atoms with E-state index in [1.807, 2.05) is 0 Å². The first kappa shape index (κ1) is 17.7. The largest absolute Gasteiger partial charge is 1.00 e. The van der Waals surface area contributed by atoms with Gasteiger partial charge in [0.25, 0.3) is 0 Å². The Balaban J connectivity index is 0.00000256. The van der Waals surface area contributed by atoms with Crippen molar-refractivity contribution in [2.24, 2.45) is 0 Å². The quantitative estimate of drug-likeness (QED) is 0.453. The Kier molecular flexibility index (Phi) is 7.58. The van der Waals surface area contributed by atoms with Gasteiger partial charge in [-0.15, -0.1) is 23.8 Å². The van der Waals surface area contributed by atoms with Gasteiger partial charge in [0.1, 0.15) is 0 Å². The van der Waals surface area contributed by atoms with Crippen molar-refractivity contribution in [2.45, 2.75) is 4.90 Å². The fraction of sp³-hybridized carbons (Fsp3) is 0.111. The molecule has 0 unspecified atom stereocenters. The maximum atomic E-state index is 12.7. The zero-order valence-corrected chi connectivity index (χ0v) is 13.0. The molecule has 0 aliphatic rings. The molecule has 88 valence electrons. The van der Waals surface area contributed by atoms with Crippen LogP contribution in [0.5, 0.6) is 0 Å². The average Bonchev–Trinajstić information content (AvgIpc) is 2.18. The van der Waals surface area contributed by atoms with Crippen molar-refractivity contribution in [3.63, 3.8) is 0 Å². The van der Waals surface area contributed by atoms with Crippen LogP contribution in [0.2, 0.25) is 0 Å². The van der Waals surface area contributed by atoms with Crippen LogP contribution in [0.1, 0.15) is 0 Å². The Labute approximate surface area is 143 Å². The zero-order chi connectivity index (χ0) is 12.3. The van der Waals surface area contributed by atoms with Crippen LogP contribution in [0.3, 0.4) is 0 Å². The van der Waals surface area contributed by atoms with Crippen molar-refractivity contribution in [3.05, 3.63) is 41.9 Å². The third-order valence-corrected chi connectivity index (χ3v) is 2.88. The van der Waals surface area contributed by atoms with E-state index in [9.17, 15) is 21.7 Å². The monoisotopic (exact) mass is 292 g/mol. The second kappa shape index (κ2) is 7.30. The van der Waals surface area contributed by atoms with Crippen LogP contribution in [0.4, 0.5) is 21.7 Å². The first-order valence-electron chi connectivity index (χ1n) is 4.26. The minimum atomic E-state index is -5.07. The maximum Gasteiger partial charge on any atom is 1.00 e. The molecule has 0 bridgehead atoms. The molecule has 8 heteroatoms. The van der Waals surface area contributed by atoms with E-state index < -0.39 is 24.1 Å². The van der Waals surface area contributed by atoms with Crippen molar-refractivity contribution in [1.29, 1.82) is 0 Å². The number of hydrogen-bond donors (Lipinski definition) is 0. The Hall–Kier alpha value is 0.661. The van der Waals surface area contributed by atoms with Crippen molar-refractivity contribution >= 4 is 18.7 Å². The molecule has 0 aliphatic heterocycles. The van der Waals surface area contributed by atoms with E-state index in [4.69, 9.17) is 0 Å². The van der Waals surface area contributed by atoms with Crippen LogP contribution in [-0.2, 0) is 0 Å². The normalized spacial score (nSPS) is 10.9. The van der Waals surface area contributed by atoms with Gasteiger partial charge >= 0.3 is 58.4 Å². The predicted molar refractivity (Wildman–Crippen MR) is 55.3 cm³/mol. The molecule has 0 aliphatic carbocycles. The molecular weight excluding hydrogens is 285 g/mol. The van der Waals surface area contributed by atoms with Crippen LogP contribution in [0, 0.1) is 11.6 Å². The van der Waals surface area contributed by atoms with E-state index in [1.165, 1.54) is 6.07 Å². The van der Waals surface area contributed by atoms with E-state index in [1.54, 1.807) is 0 Å². The number of rotatable bonds is 4. The summed E-state index contributed by atoms with van der Waals surface area (Å²) in [5, 5.41) is 0. The van der Waals surface area contributed by atoms with Crippen molar-refractivity contribution in [2.75, 3.05) is 5.75 Å². The summed E-state index contributed by atoms with van der Waals surface area (Å²) in [7, 11) is 0. The summed E-state index contributed by atoms with van der Waals surface area (Å²) in [4.78, 5) is 0.236. The molecule has 17 heavy (non-hydrogen) atoms. The molecule has 0 nitrogen and oxygen atoms in total. The Morgan fingerprint density at radius 1 is 1.18 bits per heavy atom. The summed E-state index contributed by atoms with van der Waals surface area (Å²) >= 11 is 0.768. The van der Waals surface area contributed by atoms with Gasteiger partial charge in [0.2, 0.25) is 0 Å². The SMILES string of the molecule is C=C(CSc1ccc(F)c(F)c1)[B-](F)(F)F.[K+]. The minimum absolute atomic E-state index is 0. The predicted octanol–water partition coefficient (Wildman–Crippen LogP) is 1.00. The first-order valence-corrected chi connectivity index (χ1v) is 5.24. The van der Waals surface area contributed by atoms with E-state index >= 15 is 0 Å². The zero-order valence-electron chi connectivity index (χ0n) is 9.02. The molecule has 0 saturated carbocycles. The van der Waals surface area contributed by atoms with Crippen molar-refractivity contribution < 1.29 is 73.1 Å². The van der Waals surface area contributed by atoms with Crippen LogP contribution in [0.15, 0.2) is 35.1 Å². The van der Waals surface area contributed by atoms with Crippen LogP contribution >= 0.6 is 11.8 Å². The van der Waals surface area contributed by atoms with E-state index in [-0.39, 0.29) is 62.0 Å². The number of halogens is 5. The summed E-state index contributed by atoms with van der Waals surface area (Å²) in [5.74, 6) is -2.48. The van der Waals surface area contributed by atoms with Gasteiger partial charge in [0.15, 0.2) is 11.6 Å². The maximum absolute atomic E-state index is 12.7. The van der Waals surface area contributed by atoms with Crippen LogP contribution in [0.25, 0.3) is 0 Å². The molecule has 0 N–H and O–H groups in total. The van der Waals surface area contributed by atoms with Crippen molar-refractivity contribution in [1.82, 2.24) is 0 Å². The average molecular weight is 292 g/mol. The van der Waals surface area contributed by atoms with Gasteiger partial charge < -0.3 is 12.9 Å². The molecule has 0 heterocycles. The molecule has 0 spiro atoms. The minimum Gasteiger partial charge on any atom is -0.445 e. The van der Waals surface area contributed by atoms with Crippen LogP contribution < -0.4 is 51.4 Å². The summed E-state index contributed by atoms with van der Waals surface area (Å²) in [6, 6.07) is 2.95. The molecule has 0 aromatic heterocycles. The molecule has 1 rings (SSSR count). The molecule has 1 aromatic carbocycles. The standard InChI is InChI=1S/C9H7BF5S.K/c1-6(10(13,14)15)5-16-7-2-3-8(11)9(12)4-7;/h2-4H,1,5H2;/q-1;+1. The van der Waals surface area contributed by atoms with Crippen molar-refractivity contribution in [3.8, 4) is 0 Å². The molecule has 0 radical (unpaired) electrons. The van der Waals surface area contributed by atoms with Gasteiger partial charge in [-0.1, -0.05) is 0 Å². The number of hydrogen-bond acceptors (Lipinski definition) is 1. The second-order valence-corrected chi connectivity index (χ2v) is 4.15. The van der Waals surface area contributed by atoms with Gasteiger partial charge in [-0.2, -0.15) is 0 Å². The van der Waals surface area contributed by atoms with E-state index in [0.29, 0.717) is 0 Å². The second-order valence-electron chi connectivity index (χ2n) is 3.10. The van der Waals surface area contributed by atoms with Gasteiger partial charge in [0.05, 0.1) is 0 Å². The summed E-state index contributed by atoms with van der Waals surface area (Å²) in [5.41, 5.74) is -0.852.